The molecule has 0 radical (unpaired) electrons. The van der Waals surface area contributed by atoms with E-state index in [2.05, 4.69) is 66.1 Å². The molecule has 0 fully saturated rings. The van der Waals surface area contributed by atoms with Crippen molar-refractivity contribution in [3.05, 3.63) is 95.2 Å². The number of ether oxygens (including phenoxy) is 2. The standard InChI is InChI=1S/C33H39NO4/c1-3-4-21-34-24-28(23-32(35)36)33-27(9-7-10-31(33)34)16-11-26-14-19-30(20-15-26)38-22-6-5-8-25-12-17-29(37-2)18-13-25/h7,9-10,12-15,17-20,24H,3-6,8,11,16,21-23H2,1-2H3,(H,35,36). The molecule has 0 bridgehead atoms. The summed E-state index contributed by atoms with van der Waals surface area (Å²) in [5.74, 6) is 1.00. The van der Waals surface area contributed by atoms with Crippen LogP contribution in [0.1, 0.15) is 54.9 Å². The first-order valence-electron chi connectivity index (χ1n) is 13.7. The summed E-state index contributed by atoms with van der Waals surface area (Å²) in [6, 6.07) is 23.0. The lowest BCUT2D eigenvalue weighted by Crippen LogP contribution is -2.01. The van der Waals surface area contributed by atoms with Gasteiger partial charge in [0.1, 0.15) is 11.5 Å². The summed E-state index contributed by atoms with van der Waals surface area (Å²) in [6.45, 7) is 3.80. The number of carboxylic acids is 1. The molecule has 38 heavy (non-hydrogen) atoms. The van der Waals surface area contributed by atoms with Crippen molar-refractivity contribution in [2.24, 2.45) is 0 Å². The molecule has 3 aromatic carbocycles. The van der Waals surface area contributed by atoms with Gasteiger partial charge in [-0.15, -0.1) is 0 Å². The number of aryl methyl sites for hydroxylation is 4. The van der Waals surface area contributed by atoms with Crippen LogP contribution in [0.15, 0.2) is 72.9 Å². The number of carbonyl (C=O) groups is 1. The smallest absolute Gasteiger partial charge is 0.307 e. The van der Waals surface area contributed by atoms with Crippen molar-refractivity contribution in [3.8, 4) is 11.5 Å². The van der Waals surface area contributed by atoms with Crippen LogP contribution in [0.2, 0.25) is 0 Å². The average Bonchev–Trinajstić information content (AvgIpc) is 3.28. The second-order valence-corrected chi connectivity index (χ2v) is 9.88. The first-order valence-corrected chi connectivity index (χ1v) is 13.7. The first-order chi connectivity index (χ1) is 18.6. The van der Waals surface area contributed by atoms with E-state index in [-0.39, 0.29) is 6.42 Å². The van der Waals surface area contributed by atoms with Crippen LogP contribution in [0.25, 0.3) is 10.9 Å². The van der Waals surface area contributed by atoms with Crippen molar-refractivity contribution in [1.82, 2.24) is 4.57 Å². The monoisotopic (exact) mass is 513 g/mol. The normalized spacial score (nSPS) is 11.1. The van der Waals surface area contributed by atoms with Crippen LogP contribution < -0.4 is 9.47 Å². The Morgan fingerprint density at radius 2 is 1.53 bits per heavy atom. The van der Waals surface area contributed by atoms with E-state index < -0.39 is 5.97 Å². The summed E-state index contributed by atoms with van der Waals surface area (Å²) in [7, 11) is 1.69. The van der Waals surface area contributed by atoms with E-state index in [1.807, 2.05) is 18.3 Å². The molecular formula is C33H39NO4. The number of carboxylic acid groups (broad SMARTS) is 1. The number of hydrogen-bond acceptors (Lipinski definition) is 3. The van der Waals surface area contributed by atoms with Crippen LogP contribution in [0, 0.1) is 0 Å². The van der Waals surface area contributed by atoms with Crippen molar-refractivity contribution >= 4 is 16.9 Å². The lowest BCUT2D eigenvalue weighted by atomic mass is 9.98. The van der Waals surface area contributed by atoms with Crippen molar-refractivity contribution < 1.29 is 19.4 Å². The third-order valence-corrected chi connectivity index (χ3v) is 7.06. The van der Waals surface area contributed by atoms with Gasteiger partial charge in [-0.05, 0) is 91.1 Å². The highest BCUT2D eigenvalue weighted by atomic mass is 16.5. The highest BCUT2D eigenvalue weighted by Crippen LogP contribution is 2.28. The van der Waals surface area contributed by atoms with Gasteiger partial charge in [0.2, 0.25) is 0 Å². The van der Waals surface area contributed by atoms with Crippen molar-refractivity contribution in [2.45, 2.75) is 64.8 Å². The maximum Gasteiger partial charge on any atom is 0.307 e. The largest absolute Gasteiger partial charge is 0.497 e. The molecule has 0 unspecified atom stereocenters. The molecule has 200 valence electrons. The van der Waals surface area contributed by atoms with Gasteiger partial charge in [0.25, 0.3) is 0 Å². The molecule has 0 aliphatic heterocycles. The molecule has 4 rings (SSSR count). The Labute approximate surface area is 226 Å². The number of nitrogens with zero attached hydrogens (tertiary/aromatic N) is 1. The molecule has 0 saturated heterocycles. The predicted molar refractivity (Wildman–Crippen MR) is 153 cm³/mol. The van der Waals surface area contributed by atoms with Crippen LogP contribution in [0.4, 0.5) is 0 Å². The van der Waals surface area contributed by atoms with E-state index in [0.717, 1.165) is 79.5 Å². The van der Waals surface area contributed by atoms with E-state index >= 15 is 0 Å². The lowest BCUT2D eigenvalue weighted by Gasteiger charge is -2.09. The van der Waals surface area contributed by atoms with Gasteiger partial charge in [0, 0.05) is 23.6 Å². The van der Waals surface area contributed by atoms with Crippen LogP contribution in [0.3, 0.4) is 0 Å². The molecule has 1 heterocycles. The van der Waals surface area contributed by atoms with E-state index in [1.165, 1.54) is 16.7 Å². The topological polar surface area (TPSA) is 60.7 Å². The molecular weight excluding hydrogens is 474 g/mol. The maximum absolute atomic E-state index is 11.5. The minimum Gasteiger partial charge on any atom is -0.497 e. The SMILES string of the molecule is CCCCn1cc(CC(=O)O)c2c(CCc3ccc(OCCCCc4ccc(OC)cc4)cc3)cccc21. The third kappa shape index (κ3) is 7.41. The molecule has 1 aromatic heterocycles. The van der Waals surface area contributed by atoms with Gasteiger partial charge in [0.15, 0.2) is 0 Å². The summed E-state index contributed by atoms with van der Waals surface area (Å²) in [4.78, 5) is 11.5. The second kappa shape index (κ2) is 13.7. The van der Waals surface area contributed by atoms with Gasteiger partial charge in [-0.25, -0.2) is 0 Å². The molecule has 4 aromatic rings. The molecule has 5 nitrogen and oxygen atoms in total. The Kier molecular flexibility index (Phi) is 9.85. The van der Waals surface area contributed by atoms with Crippen LogP contribution in [-0.2, 0) is 37.0 Å². The number of benzene rings is 3. The third-order valence-electron chi connectivity index (χ3n) is 7.06. The van der Waals surface area contributed by atoms with Crippen LogP contribution >= 0.6 is 0 Å². The first kappa shape index (κ1) is 27.3. The van der Waals surface area contributed by atoms with Crippen LogP contribution in [-0.4, -0.2) is 29.4 Å². The van der Waals surface area contributed by atoms with E-state index in [1.54, 1.807) is 7.11 Å². The van der Waals surface area contributed by atoms with Crippen molar-refractivity contribution in [3.63, 3.8) is 0 Å². The molecule has 0 atom stereocenters. The quantitative estimate of drug-likeness (QED) is 0.170. The Morgan fingerprint density at radius 3 is 2.21 bits per heavy atom. The number of rotatable bonds is 15. The van der Waals surface area contributed by atoms with E-state index in [0.29, 0.717) is 6.61 Å². The second-order valence-electron chi connectivity index (χ2n) is 9.88. The van der Waals surface area contributed by atoms with Crippen LogP contribution in [0.5, 0.6) is 11.5 Å². The van der Waals surface area contributed by atoms with Gasteiger partial charge in [-0.1, -0.05) is 49.7 Å². The highest BCUT2D eigenvalue weighted by molar-refractivity contribution is 5.90. The highest BCUT2D eigenvalue weighted by Gasteiger charge is 2.15. The average molecular weight is 514 g/mol. The molecule has 0 amide bonds. The zero-order valence-corrected chi connectivity index (χ0v) is 22.6. The Balaban J connectivity index is 1.30. The minimum atomic E-state index is -0.786. The lowest BCUT2D eigenvalue weighted by molar-refractivity contribution is -0.136. The van der Waals surface area contributed by atoms with Gasteiger partial charge < -0.3 is 19.1 Å². The summed E-state index contributed by atoms with van der Waals surface area (Å²) in [5.41, 5.74) is 5.83. The predicted octanol–water partition coefficient (Wildman–Crippen LogP) is 7.26. The van der Waals surface area contributed by atoms with E-state index in [4.69, 9.17) is 9.47 Å². The molecule has 5 heteroatoms. The number of methoxy groups -OCH3 is 1. The summed E-state index contributed by atoms with van der Waals surface area (Å²) < 4.78 is 13.4. The van der Waals surface area contributed by atoms with Gasteiger partial charge >= 0.3 is 5.97 Å². The molecule has 0 aliphatic rings. The fraction of sp³-hybridized carbons (Fsp3) is 0.364. The molecule has 0 aliphatic carbocycles. The summed E-state index contributed by atoms with van der Waals surface area (Å²) >= 11 is 0. The van der Waals surface area contributed by atoms with Crippen molar-refractivity contribution in [1.29, 1.82) is 0 Å². The number of unbranched alkanes of at least 4 members (excludes halogenated alkanes) is 2. The fourth-order valence-electron chi connectivity index (χ4n) is 4.98. The van der Waals surface area contributed by atoms with Gasteiger partial charge in [-0.2, -0.15) is 0 Å². The zero-order valence-electron chi connectivity index (χ0n) is 22.6. The number of aromatic nitrogens is 1. The molecule has 0 spiro atoms. The Hall–Kier alpha value is -3.73. The van der Waals surface area contributed by atoms with E-state index in [9.17, 15) is 9.90 Å². The van der Waals surface area contributed by atoms with Crippen molar-refractivity contribution in [2.75, 3.05) is 13.7 Å². The molecule has 0 saturated carbocycles. The summed E-state index contributed by atoms with van der Waals surface area (Å²) in [5, 5.41) is 10.6. The van der Waals surface area contributed by atoms with Gasteiger partial charge in [0.05, 0.1) is 20.1 Å². The Morgan fingerprint density at radius 1 is 0.816 bits per heavy atom. The van der Waals surface area contributed by atoms with Gasteiger partial charge in [-0.3, -0.25) is 4.79 Å². The maximum atomic E-state index is 11.5. The summed E-state index contributed by atoms with van der Waals surface area (Å²) in [6.07, 6.45) is 9.18. The molecule has 1 N–H and O–H groups in total. The zero-order chi connectivity index (χ0) is 26.7. The number of aliphatic carboxylic acids is 1. The Bertz CT molecular complexity index is 1310. The number of fused-ring (bicyclic) bond motifs is 1. The fourth-order valence-corrected chi connectivity index (χ4v) is 4.98. The minimum absolute atomic E-state index is 0.0543. The number of hydrogen-bond donors (Lipinski definition) is 1.